The first-order valence-corrected chi connectivity index (χ1v) is 10.4. The van der Waals surface area contributed by atoms with Gasteiger partial charge < -0.3 is 9.47 Å². The Balaban J connectivity index is 1.40. The lowest BCUT2D eigenvalue weighted by molar-refractivity contribution is 0.211. The van der Waals surface area contributed by atoms with E-state index in [2.05, 4.69) is 112 Å². The Morgan fingerprint density at radius 3 is 1.79 bits per heavy atom. The summed E-state index contributed by atoms with van der Waals surface area (Å²) >= 11 is 0. The van der Waals surface area contributed by atoms with Crippen LogP contribution >= 0.6 is 0 Å². The normalized spacial score (nSPS) is 15.3. The molecule has 2 heterocycles. The number of hydrogen-bond donors (Lipinski definition) is 0. The summed E-state index contributed by atoms with van der Waals surface area (Å²) in [6.07, 6.45) is 0. The summed E-state index contributed by atoms with van der Waals surface area (Å²) in [6, 6.07) is 33.1. The van der Waals surface area contributed by atoms with Crippen LogP contribution in [0.1, 0.15) is 17.2 Å². The molecule has 1 aliphatic rings. The van der Waals surface area contributed by atoms with Crippen LogP contribution in [0.2, 0.25) is 0 Å². The highest BCUT2D eigenvalue weighted by atomic mass is 15.3. The summed E-state index contributed by atoms with van der Waals surface area (Å²) in [4.78, 5) is 5.16. The van der Waals surface area contributed by atoms with Gasteiger partial charge >= 0.3 is 0 Å². The number of anilines is 1. The number of aromatic nitrogens is 1. The van der Waals surface area contributed by atoms with Crippen LogP contribution in [0.5, 0.6) is 0 Å². The molecule has 0 N–H and O–H groups in total. The molecule has 0 bridgehead atoms. The van der Waals surface area contributed by atoms with E-state index in [1.54, 1.807) is 0 Å². The van der Waals surface area contributed by atoms with Crippen LogP contribution in [0.4, 0.5) is 5.82 Å². The molecule has 4 aromatic rings. The highest BCUT2D eigenvalue weighted by molar-refractivity contribution is 5.85. The summed E-state index contributed by atoms with van der Waals surface area (Å²) in [5, 5.41) is 1.32. The van der Waals surface area contributed by atoms with Gasteiger partial charge in [0.25, 0.3) is 0 Å². The molecular formula is C26H27N3. The third-order valence-corrected chi connectivity index (χ3v) is 6.16. The standard InChI is InChI=1S/C26H27N3/c1-27-24-15-9-8-14-23(24)20-25(27)28-16-18-29(19-17-28)26(21-10-4-2-5-11-21)22-12-6-3-7-13-22/h2-15,20,26H,16-19H2,1H3. The van der Waals surface area contributed by atoms with E-state index in [-0.39, 0.29) is 0 Å². The molecule has 1 aliphatic heterocycles. The Morgan fingerprint density at radius 1 is 0.655 bits per heavy atom. The van der Waals surface area contributed by atoms with Gasteiger partial charge in [0.1, 0.15) is 5.82 Å². The number of para-hydroxylation sites is 1. The second kappa shape index (κ2) is 7.76. The molecule has 3 aromatic carbocycles. The van der Waals surface area contributed by atoms with Gasteiger partial charge in [-0.1, -0.05) is 78.9 Å². The maximum absolute atomic E-state index is 2.63. The predicted octanol–water partition coefficient (Wildman–Crippen LogP) is 5.09. The third-order valence-electron chi connectivity index (χ3n) is 6.16. The lowest BCUT2D eigenvalue weighted by Gasteiger charge is -2.40. The van der Waals surface area contributed by atoms with E-state index in [1.165, 1.54) is 27.8 Å². The van der Waals surface area contributed by atoms with Gasteiger partial charge in [-0.05, 0) is 23.3 Å². The van der Waals surface area contributed by atoms with E-state index >= 15 is 0 Å². The summed E-state index contributed by atoms with van der Waals surface area (Å²) < 4.78 is 2.33. The van der Waals surface area contributed by atoms with E-state index < -0.39 is 0 Å². The first-order valence-electron chi connectivity index (χ1n) is 10.4. The van der Waals surface area contributed by atoms with Crippen molar-refractivity contribution in [2.45, 2.75) is 6.04 Å². The topological polar surface area (TPSA) is 11.4 Å². The number of piperazine rings is 1. The fourth-order valence-electron chi connectivity index (χ4n) is 4.67. The number of benzene rings is 3. The molecule has 1 saturated heterocycles. The van der Waals surface area contributed by atoms with Gasteiger partial charge in [0.05, 0.1) is 6.04 Å². The van der Waals surface area contributed by atoms with Crippen molar-refractivity contribution in [3.05, 3.63) is 102 Å². The molecule has 0 amide bonds. The van der Waals surface area contributed by atoms with Crippen LogP contribution in [-0.4, -0.2) is 35.6 Å². The first kappa shape index (κ1) is 18.0. The zero-order valence-corrected chi connectivity index (χ0v) is 16.9. The van der Waals surface area contributed by atoms with Gasteiger partial charge in [0.15, 0.2) is 0 Å². The van der Waals surface area contributed by atoms with Gasteiger partial charge in [-0.3, -0.25) is 4.90 Å². The van der Waals surface area contributed by atoms with Crippen molar-refractivity contribution < 1.29 is 0 Å². The van der Waals surface area contributed by atoms with E-state index in [9.17, 15) is 0 Å². The molecule has 0 radical (unpaired) electrons. The molecule has 5 rings (SSSR count). The largest absolute Gasteiger partial charge is 0.355 e. The monoisotopic (exact) mass is 381 g/mol. The second-order valence-electron chi connectivity index (χ2n) is 7.87. The molecule has 0 saturated carbocycles. The van der Waals surface area contributed by atoms with Gasteiger partial charge in [-0.2, -0.15) is 0 Å². The van der Waals surface area contributed by atoms with E-state index in [0.717, 1.165) is 26.2 Å². The maximum atomic E-state index is 2.63. The van der Waals surface area contributed by atoms with Crippen molar-refractivity contribution >= 4 is 16.7 Å². The van der Waals surface area contributed by atoms with Crippen molar-refractivity contribution in [3.63, 3.8) is 0 Å². The summed E-state index contributed by atoms with van der Waals surface area (Å²) in [5.74, 6) is 1.32. The zero-order chi connectivity index (χ0) is 19.6. The molecule has 0 spiro atoms. The van der Waals surface area contributed by atoms with Crippen molar-refractivity contribution in [3.8, 4) is 0 Å². The van der Waals surface area contributed by atoms with Crippen LogP contribution < -0.4 is 4.90 Å². The minimum atomic E-state index is 0.312. The van der Waals surface area contributed by atoms with E-state index in [1.807, 2.05) is 0 Å². The summed E-state index contributed by atoms with van der Waals surface area (Å²) in [6.45, 7) is 4.19. The smallest absolute Gasteiger partial charge is 0.109 e. The molecule has 0 unspecified atom stereocenters. The van der Waals surface area contributed by atoms with Crippen LogP contribution in [0.15, 0.2) is 91.0 Å². The Labute approximate surface area is 172 Å². The van der Waals surface area contributed by atoms with Gasteiger partial charge in [-0.25, -0.2) is 0 Å². The molecule has 0 aliphatic carbocycles. The lowest BCUT2D eigenvalue weighted by atomic mass is 9.96. The molecule has 0 atom stereocenters. The van der Waals surface area contributed by atoms with Crippen molar-refractivity contribution in [1.82, 2.24) is 9.47 Å². The minimum absolute atomic E-state index is 0.312. The molecular weight excluding hydrogens is 354 g/mol. The number of rotatable bonds is 4. The van der Waals surface area contributed by atoms with Gasteiger partial charge in [-0.15, -0.1) is 0 Å². The molecule has 146 valence electrons. The van der Waals surface area contributed by atoms with Crippen molar-refractivity contribution in [2.75, 3.05) is 31.1 Å². The summed E-state index contributed by atoms with van der Waals surface area (Å²) in [5.41, 5.74) is 4.05. The number of aryl methyl sites for hydroxylation is 1. The first-order chi connectivity index (χ1) is 14.3. The molecule has 3 heteroatoms. The Hall–Kier alpha value is -3.04. The third kappa shape index (κ3) is 3.43. The minimum Gasteiger partial charge on any atom is -0.355 e. The fraction of sp³-hybridized carbons (Fsp3) is 0.231. The number of fused-ring (bicyclic) bond motifs is 1. The average Bonchev–Trinajstić information content (AvgIpc) is 3.13. The predicted molar refractivity (Wildman–Crippen MR) is 121 cm³/mol. The SMILES string of the molecule is Cn1c(N2CCN(C(c3ccccc3)c3ccccc3)CC2)cc2ccccc21. The zero-order valence-electron chi connectivity index (χ0n) is 16.9. The Bertz CT molecular complexity index is 1040. The summed E-state index contributed by atoms with van der Waals surface area (Å²) in [7, 11) is 2.18. The van der Waals surface area contributed by atoms with Crippen LogP contribution in [0.25, 0.3) is 10.9 Å². The van der Waals surface area contributed by atoms with E-state index in [0.29, 0.717) is 6.04 Å². The van der Waals surface area contributed by atoms with Crippen molar-refractivity contribution in [1.29, 1.82) is 0 Å². The number of nitrogens with zero attached hydrogens (tertiary/aromatic N) is 3. The average molecular weight is 382 g/mol. The Kier molecular flexibility index (Phi) is 4.82. The molecule has 3 nitrogen and oxygen atoms in total. The van der Waals surface area contributed by atoms with Crippen LogP contribution in [0.3, 0.4) is 0 Å². The van der Waals surface area contributed by atoms with Crippen LogP contribution in [-0.2, 0) is 7.05 Å². The highest BCUT2D eigenvalue weighted by Crippen LogP contribution is 2.31. The van der Waals surface area contributed by atoms with Gasteiger partial charge in [0, 0.05) is 44.1 Å². The lowest BCUT2D eigenvalue weighted by Crippen LogP contribution is -2.48. The highest BCUT2D eigenvalue weighted by Gasteiger charge is 2.27. The van der Waals surface area contributed by atoms with Crippen molar-refractivity contribution in [2.24, 2.45) is 7.05 Å². The quantitative estimate of drug-likeness (QED) is 0.488. The maximum Gasteiger partial charge on any atom is 0.109 e. The van der Waals surface area contributed by atoms with E-state index in [4.69, 9.17) is 0 Å². The molecule has 1 aromatic heterocycles. The molecule has 1 fully saturated rings. The second-order valence-corrected chi connectivity index (χ2v) is 7.87. The van der Waals surface area contributed by atoms with Gasteiger partial charge in [0.2, 0.25) is 0 Å². The van der Waals surface area contributed by atoms with Crippen LogP contribution in [0, 0.1) is 0 Å². The fourth-order valence-corrected chi connectivity index (χ4v) is 4.67. The molecule has 29 heavy (non-hydrogen) atoms. The number of hydrogen-bond acceptors (Lipinski definition) is 2. The Morgan fingerprint density at radius 2 is 1.21 bits per heavy atom.